The number of hydrogen-bond donors (Lipinski definition) is 1. The molecule has 1 heterocycles. The number of carbonyl (C=O) groups is 3. The lowest BCUT2D eigenvalue weighted by Crippen LogP contribution is -2.63. The van der Waals surface area contributed by atoms with Gasteiger partial charge in [-0.2, -0.15) is 0 Å². The molecular formula is C31H40O8. The van der Waals surface area contributed by atoms with Gasteiger partial charge in [0.2, 0.25) is 0 Å². The lowest BCUT2D eigenvalue weighted by Gasteiger charge is -2.54. The molecule has 3 aliphatic rings. The van der Waals surface area contributed by atoms with E-state index in [4.69, 9.17) is 18.9 Å². The van der Waals surface area contributed by atoms with Crippen LogP contribution in [0.1, 0.15) is 59.9 Å². The van der Waals surface area contributed by atoms with Crippen LogP contribution in [-0.2, 0) is 35.1 Å². The van der Waals surface area contributed by atoms with Gasteiger partial charge in [0.1, 0.15) is 12.6 Å². The number of ether oxygens (including phenoxy) is 4. The van der Waals surface area contributed by atoms with E-state index >= 15 is 0 Å². The molecule has 4 unspecified atom stereocenters. The van der Waals surface area contributed by atoms with Crippen molar-refractivity contribution in [2.75, 3.05) is 6.61 Å². The van der Waals surface area contributed by atoms with Crippen LogP contribution in [0.25, 0.3) is 0 Å². The number of rotatable bonds is 9. The maximum atomic E-state index is 13.1. The Morgan fingerprint density at radius 2 is 1.82 bits per heavy atom. The number of aliphatic hydroxyl groups is 1. The quantitative estimate of drug-likeness (QED) is 0.203. The van der Waals surface area contributed by atoms with E-state index in [9.17, 15) is 19.5 Å². The van der Waals surface area contributed by atoms with Gasteiger partial charge in [0.05, 0.1) is 24.7 Å². The monoisotopic (exact) mass is 540 g/mol. The molecule has 1 fully saturated rings. The molecular weight excluding hydrogens is 500 g/mol. The van der Waals surface area contributed by atoms with Gasteiger partial charge >= 0.3 is 6.16 Å². The van der Waals surface area contributed by atoms with Crippen molar-refractivity contribution in [1.82, 2.24) is 0 Å². The van der Waals surface area contributed by atoms with Gasteiger partial charge < -0.3 is 28.8 Å². The van der Waals surface area contributed by atoms with Crippen molar-refractivity contribution in [2.45, 2.75) is 84.6 Å². The van der Waals surface area contributed by atoms with E-state index < -0.39 is 52.4 Å². The first kappa shape index (κ1) is 29.2. The Morgan fingerprint density at radius 3 is 2.44 bits per heavy atom. The van der Waals surface area contributed by atoms with Crippen LogP contribution in [0.15, 0.2) is 53.6 Å². The second kappa shape index (κ2) is 10.6. The average Bonchev–Trinajstić information content (AvgIpc) is 3.22. The van der Waals surface area contributed by atoms with Crippen molar-refractivity contribution in [2.24, 2.45) is 22.7 Å². The van der Waals surface area contributed by atoms with E-state index in [2.05, 4.69) is 0 Å². The number of aldehydes is 2. The number of allylic oxidation sites excluding steroid dienone is 1. The Morgan fingerprint density at radius 1 is 1.13 bits per heavy atom. The summed E-state index contributed by atoms with van der Waals surface area (Å²) in [6, 6.07) is 9.66. The molecule has 1 spiro atoms. The van der Waals surface area contributed by atoms with E-state index in [-0.39, 0.29) is 13.2 Å². The summed E-state index contributed by atoms with van der Waals surface area (Å²) in [6.45, 7) is 10.9. The zero-order valence-corrected chi connectivity index (χ0v) is 23.6. The number of hydrogen-bond acceptors (Lipinski definition) is 8. The standard InChI is InChI=1S/C31H40O8/c1-20-14-15-31(28(2,3)23(20)16-32)26(38-27(34)39-31)25-22(18-37-29(4,5)35)12-13-24(30(25,6)19-33)36-17-21-10-8-7-9-11-21/h7-13,16,19,22,24-26,35H,14-15,17-18H2,1-6H3/t22?,24?,25-,26-,30?,31?/m0/s1. The summed E-state index contributed by atoms with van der Waals surface area (Å²) >= 11 is 0. The summed E-state index contributed by atoms with van der Waals surface area (Å²) < 4.78 is 24.1. The molecule has 212 valence electrons. The van der Waals surface area contributed by atoms with Gasteiger partial charge in [-0.15, -0.1) is 0 Å². The summed E-state index contributed by atoms with van der Waals surface area (Å²) in [6.07, 6.45) is 4.09. The molecule has 0 amide bonds. The first-order valence-electron chi connectivity index (χ1n) is 13.5. The van der Waals surface area contributed by atoms with Gasteiger partial charge in [0.15, 0.2) is 17.5 Å². The Bertz CT molecular complexity index is 1150. The minimum absolute atomic E-state index is 0.0689. The fraction of sp³-hybridized carbons (Fsp3) is 0.581. The second-order valence-electron chi connectivity index (χ2n) is 12.3. The largest absolute Gasteiger partial charge is 0.509 e. The van der Waals surface area contributed by atoms with E-state index in [1.54, 1.807) is 6.92 Å². The first-order valence-corrected chi connectivity index (χ1v) is 13.5. The van der Waals surface area contributed by atoms with Crippen LogP contribution >= 0.6 is 0 Å². The molecule has 0 saturated carbocycles. The van der Waals surface area contributed by atoms with Crippen molar-refractivity contribution < 1.29 is 38.4 Å². The van der Waals surface area contributed by atoms with E-state index in [0.717, 1.165) is 23.7 Å². The minimum atomic E-state index is -1.41. The molecule has 1 aliphatic heterocycles. The van der Waals surface area contributed by atoms with Crippen LogP contribution in [0.4, 0.5) is 4.79 Å². The molecule has 8 nitrogen and oxygen atoms in total. The molecule has 1 N–H and O–H groups in total. The normalized spacial score (nSPS) is 34.1. The van der Waals surface area contributed by atoms with Crippen LogP contribution in [-0.4, -0.2) is 54.0 Å². The molecule has 8 heteroatoms. The molecule has 2 aliphatic carbocycles. The van der Waals surface area contributed by atoms with Gasteiger partial charge in [-0.1, -0.05) is 61.9 Å². The van der Waals surface area contributed by atoms with E-state index in [1.165, 1.54) is 13.8 Å². The SMILES string of the molecule is CC1=C(C=O)C(C)(C)C2(CC1)OC(=O)O[C@H]2[C@@H]1C(COC(C)(C)O)C=CC(OCc2ccccc2)C1(C)C=O. The third-order valence-corrected chi connectivity index (χ3v) is 8.94. The van der Waals surface area contributed by atoms with E-state index in [1.807, 2.05) is 63.3 Å². The zero-order chi connectivity index (χ0) is 28.6. The van der Waals surface area contributed by atoms with Crippen LogP contribution in [0, 0.1) is 22.7 Å². The third kappa shape index (κ3) is 5.22. The van der Waals surface area contributed by atoms with Crippen molar-refractivity contribution in [3.8, 4) is 0 Å². The van der Waals surface area contributed by atoms with Gasteiger partial charge in [0.25, 0.3) is 0 Å². The highest BCUT2D eigenvalue weighted by Crippen LogP contribution is 2.59. The lowest BCUT2D eigenvalue weighted by atomic mass is 9.53. The summed E-state index contributed by atoms with van der Waals surface area (Å²) in [5.41, 5.74) is -0.777. The minimum Gasteiger partial charge on any atom is -0.426 e. The number of cyclic esters (lactones) is 1. The molecule has 0 radical (unpaired) electrons. The molecule has 1 saturated heterocycles. The molecule has 6 atom stereocenters. The molecule has 1 aromatic carbocycles. The average molecular weight is 541 g/mol. The zero-order valence-electron chi connectivity index (χ0n) is 23.6. The van der Waals surface area contributed by atoms with Crippen LogP contribution < -0.4 is 0 Å². The fourth-order valence-corrected chi connectivity index (χ4v) is 6.67. The number of carbonyl (C=O) groups excluding carboxylic acids is 3. The summed E-state index contributed by atoms with van der Waals surface area (Å²) in [5.74, 6) is -2.48. The maximum Gasteiger partial charge on any atom is 0.509 e. The molecule has 1 aromatic rings. The first-order chi connectivity index (χ1) is 18.3. The predicted octanol–water partition coefficient (Wildman–Crippen LogP) is 4.93. The predicted molar refractivity (Wildman–Crippen MR) is 143 cm³/mol. The third-order valence-electron chi connectivity index (χ3n) is 8.94. The van der Waals surface area contributed by atoms with Crippen molar-refractivity contribution >= 4 is 18.7 Å². The topological polar surface area (TPSA) is 108 Å². The Kier molecular flexibility index (Phi) is 7.96. The maximum absolute atomic E-state index is 13.1. The molecule has 4 rings (SSSR count). The van der Waals surface area contributed by atoms with Crippen molar-refractivity contribution in [3.05, 3.63) is 59.2 Å². The highest BCUT2D eigenvalue weighted by molar-refractivity contribution is 5.78. The van der Waals surface area contributed by atoms with Gasteiger partial charge in [-0.3, -0.25) is 4.79 Å². The fourth-order valence-electron chi connectivity index (χ4n) is 6.67. The number of benzene rings is 1. The molecule has 39 heavy (non-hydrogen) atoms. The van der Waals surface area contributed by atoms with Crippen LogP contribution in [0.5, 0.6) is 0 Å². The lowest BCUT2D eigenvalue weighted by molar-refractivity contribution is -0.198. The van der Waals surface area contributed by atoms with Crippen LogP contribution in [0.2, 0.25) is 0 Å². The second-order valence-corrected chi connectivity index (χ2v) is 12.3. The van der Waals surface area contributed by atoms with Crippen molar-refractivity contribution in [1.29, 1.82) is 0 Å². The van der Waals surface area contributed by atoms with Crippen molar-refractivity contribution in [3.63, 3.8) is 0 Å². The summed E-state index contributed by atoms with van der Waals surface area (Å²) in [7, 11) is 0. The van der Waals surface area contributed by atoms with Gasteiger partial charge in [-0.25, -0.2) is 4.79 Å². The Balaban J connectivity index is 1.80. The Hall–Kier alpha value is -2.81. The van der Waals surface area contributed by atoms with Crippen LogP contribution in [0.3, 0.4) is 0 Å². The van der Waals surface area contributed by atoms with E-state index in [0.29, 0.717) is 18.4 Å². The molecule has 0 bridgehead atoms. The van der Waals surface area contributed by atoms with Gasteiger partial charge in [0, 0.05) is 22.8 Å². The smallest absolute Gasteiger partial charge is 0.426 e. The highest BCUT2D eigenvalue weighted by Gasteiger charge is 2.68. The summed E-state index contributed by atoms with van der Waals surface area (Å²) in [5, 5.41) is 10.3. The molecule has 0 aromatic heterocycles. The Labute approximate surface area is 230 Å². The highest BCUT2D eigenvalue weighted by atomic mass is 16.8. The summed E-state index contributed by atoms with van der Waals surface area (Å²) in [4.78, 5) is 38.2. The van der Waals surface area contributed by atoms with Gasteiger partial charge in [-0.05, 0) is 46.1 Å².